The van der Waals surface area contributed by atoms with Crippen LogP contribution >= 0.6 is 0 Å². The van der Waals surface area contributed by atoms with Crippen LogP contribution in [0.2, 0.25) is 0 Å². The van der Waals surface area contributed by atoms with Gasteiger partial charge >= 0.3 is 5.97 Å². The van der Waals surface area contributed by atoms with E-state index in [-0.39, 0.29) is 16.5 Å². The van der Waals surface area contributed by atoms with E-state index in [0.717, 1.165) is 0 Å². The molecule has 0 bridgehead atoms. The number of carboxylic acid groups (broad SMARTS) is 1. The molecule has 1 rings (SSSR count). The van der Waals surface area contributed by atoms with Crippen LogP contribution < -0.4 is 4.72 Å². The molecule has 1 aromatic carbocycles. The monoisotopic (exact) mass is 269 g/mol. The van der Waals surface area contributed by atoms with Crippen molar-refractivity contribution in [2.24, 2.45) is 0 Å². The third-order valence-electron chi connectivity index (χ3n) is 2.28. The molecule has 0 spiro atoms. The first kappa shape index (κ1) is 14.4. The van der Waals surface area contributed by atoms with Crippen LogP contribution in [0.5, 0.6) is 0 Å². The number of hydrogen-bond acceptors (Lipinski definition) is 3. The van der Waals surface area contributed by atoms with Crippen molar-refractivity contribution in [3.63, 3.8) is 0 Å². The zero-order valence-electron chi connectivity index (χ0n) is 9.96. The van der Waals surface area contributed by atoms with Crippen molar-refractivity contribution >= 4 is 16.0 Å². The van der Waals surface area contributed by atoms with E-state index in [1.165, 1.54) is 24.3 Å². The number of nitrogens with one attached hydrogen (secondary N) is 1. The third-order valence-corrected chi connectivity index (χ3v) is 3.93. The summed E-state index contributed by atoms with van der Waals surface area (Å²) < 4.78 is 26.5. The quantitative estimate of drug-likeness (QED) is 0.769. The van der Waals surface area contributed by atoms with Gasteiger partial charge in [-0.25, -0.2) is 17.9 Å². The van der Waals surface area contributed by atoms with Crippen LogP contribution in [-0.4, -0.2) is 25.5 Å². The molecule has 18 heavy (non-hydrogen) atoms. The number of aromatic carboxylic acids is 1. The van der Waals surface area contributed by atoms with Gasteiger partial charge in [-0.3, -0.25) is 0 Å². The van der Waals surface area contributed by atoms with Crippen LogP contribution in [0.3, 0.4) is 0 Å². The summed E-state index contributed by atoms with van der Waals surface area (Å²) in [6.07, 6.45) is 2.06. The first-order valence-corrected chi connectivity index (χ1v) is 6.82. The van der Waals surface area contributed by atoms with E-state index in [1.54, 1.807) is 13.0 Å². The Morgan fingerprint density at radius 3 is 2.67 bits per heavy atom. The molecule has 98 valence electrons. The van der Waals surface area contributed by atoms with E-state index in [4.69, 9.17) is 5.11 Å². The van der Waals surface area contributed by atoms with Gasteiger partial charge in [-0.1, -0.05) is 18.2 Å². The molecule has 5 nitrogen and oxygen atoms in total. The van der Waals surface area contributed by atoms with Gasteiger partial charge in [0, 0.05) is 6.04 Å². The van der Waals surface area contributed by atoms with Crippen LogP contribution in [-0.2, 0) is 10.0 Å². The summed E-state index contributed by atoms with van der Waals surface area (Å²) in [6, 6.07) is 5.16. The van der Waals surface area contributed by atoms with Gasteiger partial charge in [0.25, 0.3) is 0 Å². The summed E-state index contributed by atoms with van der Waals surface area (Å²) in [5.41, 5.74) is -0.240. The highest BCUT2D eigenvalue weighted by Crippen LogP contribution is 2.16. The fraction of sp³-hybridized carbons (Fsp3) is 0.250. The zero-order valence-corrected chi connectivity index (χ0v) is 10.8. The van der Waals surface area contributed by atoms with Crippen molar-refractivity contribution in [2.75, 3.05) is 0 Å². The van der Waals surface area contributed by atoms with Crippen molar-refractivity contribution in [2.45, 2.75) is 24.3 Å². The van der Waals surface area contributed by atoms with Gasteiger partial charge in [-0.2, -0.15) is 0 Å². The summed E-state index contributed by atoms with van der Waals surface area (Å²) >= 11 is 0. The third kappa shape index (κ3) is 3.41. The predicted octanol–water partition coefficient (Wildman–Crippen LogP) is 1.63. The number of rotatable bonds is 6. The Labute approximate surface area is 106 Å². The molecule has 1 atom stereocenters. The maximum absolute atomic E-state index is 12.0. The maximum atomic E-state index is 12.0. The second-order valence-corrected chi connectivity index (χ2v) is 5.53. The fourth-order valence-electron chi connectivity index (χ4n) is 1.50. The average Bonchev–Trinajstić information content (AvgIpc) is 2.28. The van der Waals surface area contributed by atoms with Crippen LogP contribution in [0.25, 0.3) is 0 Å². The van der Waals surface area contributed by atoms with Crippen molar-refractivity contribution < 1.29 is 18.3 Å². The number of sulfonamides is 1. The average molecular weight is 269 g/mol. The van der Waals surface area contributed by atoms with Crippen LogP contribution in [0.1, 0.15) is 23.7 Å². The van der Waals surface area contributed by atoms with Crippen LogP contribution in [0.15, 0.2) is 41.8 Å². The lowest BCUT2D eigenvalue weighted by atomic mass is 10.2. The molecule has 0 aliphatic carbocycles. The molecular weight excluding hydrogens is 254 g/mol. The van der Waals surface area contributed by atoms with Crippen molar-refractivity contribution in [3.05, 3.63) is 42.5 Å². The molecule has 0 aromatic heterocycles. The number of carboxylic acids is 1. The van der Waals surface area contributed by atoms with Crippen LogP contribution in [0.4, 0.5) is 0 Å². The van der Waals surface area contributed by atoms with Gasteiger partial charge in [0.15, 0.2) is 0 Å². The first-order valence-electron chi connectivity index (χ1n) is 5.34. The highest BCUT2D eigenvalue weighted by Gasteiger charge is 2.22. The summed E-state index contributed by atoms with van der Waals surface area (Å²) in [4.78, 5) is 10.7. The smallest absolute Gasteiger partial charge is 0.337 e. The van der Waals surface area contributed by atoms with E-state index >= 15 is 0 Å². The lowest BCUT2D eigenvalue weighted by Gasteiger charge is -2.13. The number of benzene rings is 1. The molecule has 0 aliphatic heterocycles. The Hall–Kier alpha value is -1.66. The Morgan fingerprint density at radius 2 is 2.11 bits per heavy atom. The second kappa shape index (κ2) is 5.79. The Kier molecular flexibility index (Phi) is 4.63. The SMILES string of the molecule is C=CCC(C)NS(=O)(=O)c1ccccc1C(=O)O. The van der Waals surface area contributed by atoms with Crippen molar-refractivity contribution in [3.8, 4) is 0 Å². The molecule has 0 radical (unpaired) electrons. The molecule has 0 amide bonds. The van der Waals surface area contributed by atoms with E-state index in [9.17, 15) is 13.2 Å². The Balaban J connectivity index is 3.13. The van der Waals surface area contributed by atoms with E-state index in [2.05, 4.69) is 11.3 Å². The van der Waals surface area contributed by atoms with Crippen LogP contribution in [0, 0.1) is 0 Å². The van der Waals surface area contributed by atoms with E-state index in [1.807, 2.05) is 0 Å². The van der Waals surface area contributed by atoms with Gasteiger partial charge in [0.2, 0.25) is 10.0 Å². The molecule has 0 saturated heterocycles. The fourth-order valence-corrected chi connectivity index (χ4v) is 2.96. The first-order chi connectivity index (χ1) is 8.38. The standard InChI is InChI=1S/C12H15NO4S/c1-3-6-9(2)13-18(16,17)11-8-5-4-7-10(11)12(14)15/h3-5,7-9,13H,1,6H2,2H3,(H,14,15). The maximum Gasteiger partial charge on any atom is 0.337 e. The van der Waals surface area contributed by atoms with Gasteiger partial charge in [0.05, 0.1) is 10.5 Å². The lowest BCUT2D eigenvalue weighted by molar-refractivity contribution is 0.0692. The van der Waals surface area contributed by atoms with E-state index in [0.29, 0.717) is 6.42 Å². The predicted molar refractivity (Wildman–Crippen MR) is 68.0 cm³/mol. The highest BCUT2D eigenvalue weighted by molar-refractivity contribution is 7.89. The minimum absolute atomic E-state index is 0.228. The summed E-state index contributed by atoms with van der Waals surface area (Å²) in [5, 5.41) is 8.96. The summed E-state index contributed by atoms with van der Waals surface area (Å²) in [5.74, 6) is -1.27. The number of hydrogen-bond donors (Lipinski definition) is 2. The van der Waals surface area contributed by atoms with Gasteiger partial charge in [-0.05, 0) is 25.5 Å². The molecule has 1 aromatic rings. The normalized spacial score (nSPS) is 12.9. The second-order valence-electron chi connectivity index (χ2n) is 3.85. The minimum Gasteiger partial charge on any atom is -0.478 e. The van der Waals surface area contributed by atoms with Gasteiger partial charge in [-0.15, -0.1) is 6.58 Å². The van der Waals surface area contributed by atoms with Gasteiger partial charge in [0.1, 0.15) is 0 Å². The highest BCUT2D eigenvalue weighted by atomic mass is 32.2. The Bertz CT molecular complexity index is 551. The molecule has 0 aliphatic rings. The summed E-state index contributed by atoms with van der Waals surface area (Å²) in [7, 11) is -3.84. The Morgan fingerprint density at radius 1 is 1.50 bits per heavy atom. The van der Waals surface area contributed by atoms with E-state index < -0.39 is 16.0 Å². The topological polar surface area (TPSA) is 83.5 Å². The molecule has 0 heterocycles. The summed E-state index contributed by atoms with van der Waals surface area (Å²) in [6.45, 7) is 5.20. The molecule has 1 unspecified atom stereocenters. The van der Waals surface area contributed by atoms with Gasteiger partial charge < -0.3 is 5.11 Å². The molecular formula is C12H15NO4S. The molecule has 2 N–H and O–H groups in total. The molecule has 6 heteroatoms. The largest absolute Gasteiger partial charge is 0.478 e. The number of carbonyl (C=O) groups is 1. The van der Waals surface area contributed by atoms with Crippen molar-refractivity contribution in [1.29, 1.82) is 0 Å². The molecule has 0 saturated carbocycles. The molecule has 0 fully saturated rings. The van der Waals surface area contributed by atoms with Crippen molar-refractivity contribution in [1.82, 2.24) is 4.72 Å². The lowest BCUT2D eigenvalue weighted by Crippen LogP contribution is -2.33. The minimum atomic E-state index is -3.84. The zero-order chi connectivity index (χ0) is 13.8.